The number of hydrogen-bond donors (Lipinski definition) is 1. The number of ether oxygens (including phenoxy) is 1. The van der Waals surface area contributed by atoms with Crippen LogP contribution in [0.3, 0.4) is 0 Å². The number of benzene rings is 2. The molecule has 23 heavy (non-hydrogen) atoms. The number of nitrogens with zero attached hydrogens (tertiary/aromatic N) is 2. The van der Waals surface area contributed by atoms with E-state index in [0.717, 1.165) is 16.5 Å². The van der Waals surface area contributed by atoms with Crippen molar-refractivity contribution in [2.45, 2.75) is 20.1 Å². The van der Waals surface area contributed by atoms with Crippen molar-refractivity contribution in [1.82, 2.24) is 9.78 Å². The van der Waals surface area contributed by atoms with Crippen LogP contribution >= 0.6 is 0 Å². The molecular formula is C18H18N2O3. The first kappa shape index (κ1) is 15.2. The third kappa shape index (κ3) is 3.24. The lowest BCUT2D eigenvalue weighted by molar-refractivity contribution is 0.101. The molecule has 0 saturated heterocycles. The number of carbonyl (C=O) groups excluding carboxylic acids is 1. The first-order chi connectivity index (χ1) is 11.2. The first-order valence-electron chi connectivity index (χ1n) is 7.48. The summed E-state index contributed by atoms with van der Waals surface area (Å²) in [5.74, 6) is 0.583. The highest BCUT2D eigenvalue weighted by molar-refractivity contribution is 6.05. The predicted molar refractivity (Wildman–Crippen MR) is 87.6 cm³/mol. The lowest BCUT2D eigenvalue weighted by Gasteiger charge is -2.07. The van der Waals surface area contributed by atoms with Crippen LogP contribution in [0.5, 0.6) is 5.75 Å². The van der Waals surface area contributed by atoms with Crippen molar-refractivity contribution >= 4 is 16.7 Å². The molecule has 5 heteroatoms. The number of aliphatic hydroxyl groups excluding tert-OH is 1. The van der Waals surface area contributed by atoms with E-state index in [1.165, 1.54) is 6.92 Å². The van der Waals surface area contributed by atoms with Crippen LogP contribution in [0.15, 0.2) is 48.5 Å². The number of Topliss-reactive ketones (excluding diaryl/α,β-unsaturated/α-hetero) is 1. The van der Waals surface area contributed by atoms with E-state index < -0.39 is 0 Å². The topological polar surface area (TPSA) is 64.4 Å². The summed E-state index contributed by atoms with van der Waals surface area (Å²) in [5.41, 5.74) is 2.30. The third-order valence-corrected chi connectivity index (χ3v) is 3.62. The average molecular weight is 310 g/mol. The van der Waals surface area contributed by atoms with Crippen LogP contribution in [0.2, 0.25) is 0 Å². The Morgan fingerprint density at radius 3 is 2.70 bits per heavy atom. The molecule has 0 bridgehead atoms. The van der Waals surface area contributed by atoms with Crippen LogP contribution in [-0.2, 0) is 13.2 Å². The standard InChI is InChI=1S/C18H18N2O3/c1-13(22)18-16-11-15(23-12-14-5-3-2-4-6-14)7-8-17(16)20(19-18)9-10-21/h2-8,11,21H,9-10,12H2,1H3. The summed E-state index contributed by atoms with van der Waals surface area (Å²) in [6, 6.07) is 15.4. The molecule has 0 radical (unpaired) electrons. The van der Waals surface area contributed by atoms with Gasteiger partial charge in [-0.05, 0) is 23.8 Å². The molecule has 0 amide bonds. The van der Waals surface area contributed by atoms with E-state index in [4.69, 9.17) is 9.84 Å². The highest BCUT2D eigenvalue weighted by Gasteiger charge is 2.14. The van der Waals surface area contributed by atoms with Crippen LogP contribution in [0.25, 0.3) is 10.9 Å². The Morgan fingerprint density at radius 2 is 2.00 bits per heavy atom. The Balaban J connectivity index is 1.91. The SMILES string of the molecule is CC(=O)c1nn(CCO)c2ccc(OCc3ccccc3)cc12. The highest BCUT2D eigenvalue weighted by Crippen LogP contribution is 2.25. The zero-order chi connectivity index (χ0) is 16.2. The van der Waals surface area contributed by atoms with E-state index in [0.29, 0.717) is 24.6 Å². The van der Waals surface area contributed by atoms with Gasteiger partial charge in [0, 0.05) is 12.3 Å². The predicted octanol–water partition coefficient (Wildman–Crippen LogP) is 2.81. The van der Waals surface area contributed by atoms with Gasteiger partial charge in [0.1, 0.15) is 18.1 Å². The van der Waals surface area contributed by atoms with E-state index in [1.807, 2.05) is 48.5 Å². The highest BCUT2D eigenvalue weighted by atomic mass is 16.5. The summed E-state index contributed by atoms with van der Waals surface area (Å²) in [5, 5.41) is 14.2. The minimum Gasteiger partial charge on any atom is -0.489 e. The lowest BCUT2D eigenvalue weighted by Crippen LogP contribution is -2.05. The van der Waals surface area contributed by atoms with Gasteiger partial charge >= 0.3 is 0 Å². The maximum absolute atomic E-state index is 11.8. The number of aliphatic hydroxyl groups is 1. The molecule has 118 valence electrons. The maximum atomic E-state index is 11.8. The summed E-state index contributed by atoms with van der Waals surface area (Å²) in [7, 11) is 0. The number of aromatic nitrogens is 2. The Bertz CT molecular complexity index is 825. The van der Waals surface area contributed by atoms with Gasteiger partial charge in [-0.1, -0.05) is 30.3 Å². The molecule has 1 N–H and O–H groups in total. The minimum absolute atomic E-state index is 0.0274. The summed E-state index contributed by atoms with van der Waals surface area (Å²) in [4.78, 5) is 11.8. The van der Waals surface area contributed by atoms with Crippen molar-refractivity contribution in [2.75, 3.05) is 6.61 Å². The van der Waals surface area contributed by atoms with E-state index in [1.54, 1.807) is 4.68 Å². The fraction of sp³-hybridized carbons (Fsp3) is 0.222. The first-order valence-corrected chi connectivity index (χ1v) is 7.48. The maximum Gasteiger partial charge on any atom is 0.180 e. The van der Waals surface area contributed by atoms with Crippen LogP contribution in [0.1, 0.15) is 23.0 Å². The normalized spacial score (nSPS) is 10.9. The number of rotatable bonds is 6. The van der Waals surface area contributed by atoms with Gasteiger partial charge in [-0.15, -0.1) is 0 Å². The van der Waals surface area contributed by atoms with E-state index >= 15 is 0 Å². The summed E-state index contributed by atoms with van der Waals surface area (Å²) >= 11 is 0. The number of ketones is 1. The average Bonchev–Trinajstić information content (AvgIpc) is 2.93. The smallest absolute Gasteiger partial charge is 0.180 e. The Hall–Kier alpha value is -2.66. The van der Waals surface area contributed by atoms with Gasteiger partial charge in [0.05, 0.1) is 18.7 Å². The van der Waals surface area contributed by atoms with Crippen molar-refractivity contribution in [1.29, 1.82) is 0 Å². The van der Waals surface area contributed by atoms with Crippen molar-refractivity contribution < 1.29 is 14.6 Å². The largest absolute Gasteiger partial charge is 0.489 e. The van der Waals surface area contributed by atoms with Crippen LogP contribution in [-0.4, -0.2) is 27.3 Å². The fourth-order valence-corrected chi connectivity index (χ4v) is 2.51. The van der Waals surface area contributed by atoms with Crippen molar-refractivity contribution in [3.8, 4) is 5.75 Å². The van der Waals surface area contributed by atoms with Crippen molar-refractivity contribution in [2.24, 2.45) is 0 Å². The zero-order valence-corrected chi connectivity index (χ0v) is 12.9. The van der Waals surface area contributed by atoms with Gasteiger partial charge in [-0.2, -0.15) is 5.10 Å². The number of carbonyl (C=O) groups is 1. The molecule has 0 fully saturated rings. The van der Waals surface area contributed by atoms with Crippen LogP contribution in [0.4, 0.5) is 0 Å². The molecule has 0 aliphatic rings. The van der Waals surface area contributed by atoms with Gasteiger partial charge in [0.15, 0.2) is 5.78 Å². The van der Waals surface area contributed by atoms with Gasteiger partial charge in [-0.25, -0.2) is 0 Å². The van der Waals surface area contributed by atoms with E-state index in [9.17, 15) is 4.79 Å². The third-order valence-electron chi connectivity index (χ3n) is 3.62. The second-order valence-electron chi connectivity index (χ2n) is 5.30. The van der Waals surface area contributed by atoms with Crippen molar-refractivity contribution in [3.63, 3.8) is 0 Å². The second-order valence-corrected chi connectivity index (χ2v) is 5.30. The van der Waals surface area contributed by atoms with Crippen molar-refractivity contribution in [3.05, 3.63) is 59.8 Å². The fourth-order valence-electron chi connectivity index (χ4n) is 2.51. The molecule has 0 aliphatic carbocycles. The molecule has 1 aromatic heterocycles. The zero-order valence-electron chi connectivity index (χ0n) is 12.9. The molecule has 0 unspecified atom stereocenters. The molecular weight excluding hydrogens is 292 g/mol. The Kier molecular flexibility index (Phi) is 4.39. The van der Waals surface area contributed by atoms with Gasteiger partial charge in [0.2, 0.25) is 0 Å². The minimum atomic E-state index is -0.105. The van der Waals surface area contributed by atoms with Crippen LogP contribution in [0, 0.1) is 0 Å². The van der Waals surface area contributed by atoms with Gasteiger partial charge < -0.3 is 9.84 Å². The molecule has 5 nitrogen and oxygen atoms in total. The summed E-state index contributed by atoms with van der Waals surface area (Å²) < 4.78 is 7.45. The van der Waals surface area contributed by atoms with Gasteiger partial charge in [0.25, 0.3) is 0 Å². The number of fused-ring (bicyclic) bond motifs is 1. The summed E-state index contributed by atoms with van der Waals surface area (Å²) in [6.45, 7) is 2.28. The molecule has 3 rings (SSSR count). The molecule has 0 spiro atoms. The monoisotopic (exact) mass is 310 g/mol. The van der Waals surface area contributed by atoms with Crippen LogP contribution < -0.4 is 4.74 Å². The Morgan fingerprint density at radius 1 is 1.22 bits per heavy atom. The summed E-state index contributed by atoms with van der Waals surface area (Å²) in [6.07, 6.45) is 0. The van der Waals surface area contributed by atoms with E-state index in [2.05, 4.69) is 5.10 Å². The quantitative estimate of drug-likeness (QED) is 0.711. The number of hydrogen-bond acceptors (Lipinski definition) is 4. The Labute approximate surface area is 134 Å². The molecule has 0 saturated carbocycles. The molecule has 3 aromatic rings. The molecule has 1 heterocycles. The van der Waals surface area contributed by atoms with Gasteiger partial charge in [-0.3, -0.25) is 9.48 Å². The van der Waals surface area contributed by atoms with E-state index in [-0.39, 0.29) is 12.4 Å². The lowest BCUT2D eigenvalue weighted by atomic mass is 10.1. The molecule has 2 aromatic carbocycles. The second kappa shape index (κ2) is 6.62. The molecule has 0 atom stereocenters. The molecule has 0 aliphatic heterocycles.